The summed E-state index contributed by atoms with van der Waals surface area (Å²) >= 11 is 0. The predicted molar refractivity (Wildman–Crippen MR) is 69.0 cm³/mol. The fourth-order valence-electron chi connectivity index (χ4n) is 1.38. The Morgan fingerprint density at radius 2 is 2.16 bits per heavy atom. The molecular formula is C11H13N7O. The minimum atomic E-state index is -0.354. The summed E-state index contributed by atoms with van der Waals surface area (Å²) in [5.74, 6) is -0.329. The topological polar surface area (TPSA) is 111 Å². The number of hydrogen-bond acceptors (Lipinski definition) is 6. The van der Waals surface area contributed by atoms with Crippen LogP contribution in [0.2, 0.25) is 0 Å². The highest BCUT2D eigenvalue weighted by Gasteiger charge is 2.05. The van der Waals surface area contributed by atoms with E-state index < -0.39 is 0 Å². The van der Waals surface area contributed by atoms with E-state index in [-0.39, 0.29) is 18.4 Å². The summed E-state index contributed by atoms with van der Waals surface area (Å²) in [7, 11) is 0. The number of nitrogens with one attached hydrogen (secondary N) is 1. The number of tetrazole rings is 1. The van der Waals surface area contributed by atoms with Crippen LogP contribution in [0.25, 0.3) is 0 Å². The number of rotatable bonds is 4. The average molecular weight is 259 g/mol. The predicted octanol–water partition coefficient (Wildman–Crippen LogP) is -0.204. The van der Waals surface area contributed by atoms with Crippen LogP contribution < -0.4 is 11.2 Å². The van der Waals surface area contributed by atoms with Crippen molar-refractivity contribution in [3.8, 4) is 0 Å². The Hall–Kier alpha value is -2.77. The van der Waals surface area contributed by atoms with Crippen molar-refractivity contribution in [3.05, 3.63) is 35.9 Å². The first kappa shape index (κ1) is 12.7. The maximum atomic E-state index is 11.6. The molecule has 0 saturated carbocycles. The van der Waals surface area contributed by atoms with Crippen LogP contribution in [-0.2, 0) is 11.3 Å². The highest BCUT2D eigenvalue weighted by Crippen LogP contribution is 1.99. The molecule has 1 aromatic carbocycles. The number of nitrogens with two attached hydrogens (primary N) is 1. The summed E-state index contributed by atoms with van der Waals surface area (Å²) in [4.78, 5) is 12.7. The lowest BCUT2D eigenvalue weighted by atomic mass is 10.1. The first-order valence-corrected chi connectivity index (χ1v) is 5.57. The number of nitrogens with zero attached hydrogens (tertiary/aromatic N) is 5. The van der Waals surface area contributed by atoms with E-state index in [4.69, 9.17) is 5.73 Å². The molecule has 0 aliphatic heterocycles. The Morgan fingerprint density at radius 3 is 2.79 bits per heavy atom. The molecule has 0 fully saturated rings. The van der Waals surface area contributed by atoms with Gasteiger partial charge in [-0.15, -0.1) is 5.10 Å². The molecule has 0 aliphatic carbocycles. The summed E-state index contributed by atoms with van der Waals surface area (Å²) in [5, 5.41) is 14.7. The van der Waals surface area contributed by atoms with Gasteiger partial charge in [-0.05, 0) is 17.7 Å². The molecule has 3 N–H and O–H groups in total. The first-order valence-electron chi connectivity index (χ1n) is 5.57. The van der Waals surface area contributed by atoms with Gasteiger partial charge in [-0.3, -0.25) is 4.79 Å². The van der Waals surface area contributed by atoms with E-state index >= 15 is 0 Å². The molecule has 8 heteroatoms. The van der Waals surface area contributed by atoms with E-state index in [1.54, 1.807) is 6.92 Å². The molecule has 0 atom stereocenters. The van der Waals surface area contributed by atoms with Crippen molar-refractivity contribution in [1.29, 1.82) is 0 Å². The third-order valence-electron chi connectivity index (χ3n) is 2.29. The monoisotopic (exact) mass is 259 g/mol. The quantitative estimate of drug-likeness (QED) is 0.583. The minimum Gasteiger partial charge on any atom is -0.365 e. The molecule has 19 heavy (non-hydrogen) atoms. The Kier molecular flexibility index (Phi) is 3.81. The van der Waals surface area contributed by atoms with E-state index in [2.05, 4.69) is 25.9 Å². The maximum Gasteiger partial charge on any atom is 0.263 e. The summed E-state index contributed by atoms with van der Waals surface area (Å²) in [6.07, 6.45) is 0. The number of hydrogen-bond donors (Lipinski definition) is 2. The van der Waals surface area contributed by atoms with Crippen LogP contribution in [-0.4, -0.2) is 31.8 Å². The molecule has 2 rings (SSSR count). The number of aromatic nitrogens is 4. The standard InChI is InChI=1S/C11H13N7O/c1-8(9-5-3-2-4-6-9)13-14-10(19)7-18-16-11(12)15-17-18/h2-6H,7H2,1H3,(H2,12,16)(H,14,19)/b13-8-. The number of anilines is 1. The zero-order valence-electron chi connectivity index (χ0n) is 10.3. The number of hydrazone groups is 1. The summed E-state index contributed by atoms with van der Waals surface area (Å²) in [6, 6.07) is 9.53. The zero-order chi connectivity index (χ0) is 13.7. The lowest BCUT2D eigenvalue weighted by molar-refractivity contribution is -0.122. The maximum absolute atomic E-state index is 11.6. The molecule has 8 nitrogen and oxygen atoms in total. The first-order chi connectivity index (χ1) is 9.15. The van der Waals surface area contributed by atoms with Crippen LogP contribution in [0.5, 0.6) is 0 Å². The Labute approximate surface area is 109 Å². The largest absolute Gasteiger partial charge is 0.365 e. The van der Waals surface area contributed by atoms with Gasteiger partial charge in [-0.1, -0.05) is 35.4 Å². The molecule has 0 radical (unpaired) electrons. The second kappa shape index (κ2) is 5.71. The Morgan fingerprint density at radius 1 is 1.42 bits per heavy atom. The highest BCUT2D eigenvalue weighted by atomic mass is 16.2. The average Bonchev–Trinajstić information content (AvgIpc) is 2.82. The van der Waals surface area contributed by atoms with E-state index in [9.17, 15) is 4.79 Å². The van der Waals surface area contributed by atoms with Crippen molar-refractivity contribution < 1.29 is 4.79 Å². The fraction of sp³-hybridized carbons (Fsp3) is 0.182. The van der Waals surface area contributed by atoms with Gasteiger partial charge in [0.05, 0.1) is 5.71 Å². The van der Waals surface area contributed by atoms with Gasteiger partial charge < -0.3 is 5.73 Å². The lowest BCUT2D eigenvalue weighted by Crippen LogP contribution is -2.25. The molecule has 98 valence electrons. The number of carbonyl (C=O) groups is 1. The molecule has 0 unspecified atom stereocenters. The summed E-state index contributed by atoms with van der Waals surface area (Å²) in [5.41, 5.74) is 9.35. The highest BCUT2D eigenvalue weighted by molar-refractivity contribution is 5.99. The van der Waals surface area contributed by atoms with Crippen molar-refractivity contribution in [2.75, 3.05) is 5.73 Å². The molecular weight excluding hydrogens is 246 g/mol. The number of nitrogen functional groups attached to an aromatic ring is 1. The van der Waals surface area contributed by atoms with Gasteiger partial charge in [0.15, 0.2) is 0 Å². The van der Waals surface area contributed by atoms with E-state index in [0.29, 0.717) is 5.71 Å². The van der Waals surface area contributed by atoms with Gasteiger partial charge in [0.2, 0.25) is 0 Å². The summed E-state index contributed by atoms with van der Waals surface area (Å²) in [6.45, 7) is 1.72. The van der Waals surface area contributed by atoms with Gasteiger partial charge in [0.25, 0.3) is 11.9 Å². The normalized spacial score (nSPS) is 11.3. The van der Waals surface area contributed by atoms with Gasteiger partial charge in [-0.25, -0.2) is 5.43 Å². The third kappa shape index (κ3) is 3.60. The van der Waals surface area contributed by atoms with E-state index in [0.717, 1.165) is 10.4 Å². The molecule has 0 aliphatic rings. The van der Waals surface area contributed by atoms with Crippen LogP contribution in [0.4, 0.5) is 5.95 Å². The van der Waals surface area contributed by atoms with Gasteiger partial charge in [0, 0.05) is 0 Å². The lowest BCUT2D eigenvalue weighted by Gasteiger charge is -2.02. The van der Waals surface area contributed by atoms with Gasteiger partial charge >= 0.3 is 0 Å². The molecule has 0 saturated heterocycles. The minimum absolute atomic E-state index is 0.0248. The van der Waals surface area contributed by atoms with E-state index in [1.807, 2.05) is 30.3 Å². The van der Waals surface area contributed by atoms with Crippen LogP contribution >= 0.6 is 0 Å². The molecule has 1 amide bonds. The third-order valence-corrected chi connectivity index (χ3v) is 2.29. The molecule has 0 bridgehead atoms. The molecule has 1 aromatic heterocycles. The molecule has 2 aromatic rings. The second-order valence-corrected chi connectivity index (χ2v) is 3.78. The second-order valence-electron chi connectivity index (χ2n) is 3.78. The molecule has 1 heterocycles. The van der Waals surface area contributed by atoms with Crippen LogP contribution in [0, 0.1) is 0 Å². The van der Waals surface area contributed by atoms with Crippen LogP contribution in [0.3, 0.4) is 0 Å². The Balaban J connectivity index is 1.93. The molecule has 0 spiro atoms. The summed E-state index contributed by atoms with van der Waals surface area (Å²) < 4.78 is 0. The number of carbonyl (C=O) groups excluding carboxylic acids is 1. The number of amides is 1. The van der Waals surface area contributed by atoms with E-state index in [1.165, 1.54) is 0 Å². The SMILES string of the molecule is C/C(=N/NC(=O)Cn1nnc(N)n1)c1ccccc1. The van der Waals surface area contributed by atoms with Crippen molar-refractivity contribution >= 4 is 17.6 Å². The van der Waals surface area contributed by atoms with Crippen molar-refractivity contribution in [2.24, 2.45) is 5.10 Å². The zero-order valence-corrected chi connectivity index (χ0v) is 10.3. The Bertz CT molecular complexity index is 590. The number of benzene rings is 1. The van der Waals surface area contributed by atoms with Gasteiger partial charge in [0.1, 0.15) is 6.54 Å². The van der Waals surface area contributed by atoms with Crippen molar-refractivity contribution in [2.45, 2.75) is 13.5 Å². The van der Waals surface area contributed by atoms with Gasteiger partial charge in [-0.2, -0.15) is 9.90 Å². The van der Waals surface area contributed by atoms with Crippen LogP contribution in [0.1, 0.15) is 12.5 Å². The fourth-order valence-corrected chi connectivity index (χ4v) is 1.38. The smallest absolute Gasteiger partial charge is 0.263 e. The van der Waals surface area contributed by atoms with Crippen molar-refractivity contribution in [3.63, 3.8) is 0 Å². The van der Waals surface area contributed by atoms with Crippen molar-refractivity contribution in [1.82, 2.24) is 25.6 Å². The van der Waals surface area contributed by atoms with Crippen LogP contribution in [0.15, 0.2) is 35.4 Å².